The smallest absolute Gasteiger partial charge is 0.101 e. The first kappa shape index (κ1) is 15.4. The molecule has 4 heteroatoms. The number of rotatable bonds is 4. The summed E-state index contributed by atoms with van der Waals surface area (Å²) < 4.78 is 0. The minimum atomic E-state index is 0.122. The second-order valence-electron chi connectivity index (χ2n) is 5.66. The Morgan fingerprint density at radius 3 is 2.35 bits per heavy atom. The van der Waals surface area contributed by atoms with Crippen LogP contribution in [0.3, 0.4) is 0 Å². The average Bonchev–Trinajstić information content (AvgIpc) is 2.40. The SMILES string of the molecule is CC(C)(C)NCc1ccc(Sc2ccc(Cl)cc2)nc1. The lowest BCUT2D eigenvalue weighted by Gasteiger charge is -2.20. The lowest BCUT2D eigenvalue weighted by molar-refractivity contribution is 0.424. The Hall–Kier alpha value is -1.03. The zero-order valence-corrected chi connectivity index (χ0v) is 13.6. The molecular weight excluding hydrogens is 288 g/mol. The van der Waals surface area contributed by atoms with E-state index >= 15 is 0 Å². The van der Waals surface area contributed by atoms with Crippen LogP contribution in [0.1, 0.15) is 26.3 Å². The molecule has 0 fully saturated rings. The number of aromatic nitrogens is 1. The van der Waals surface area contributed by atoms with Gasteiger partial charge >= 0.3 is 0 Å². The van der Waals surface area contributed by atoms with E-state index in [1.807, 2.05) is 30.5 Å². The molecule has 0 aliphatic carbocycles. The van der Waals surface area contributed by atoms with Crippen molar-refractivity contribution in [1.82, 2.24) is 10.3 Å². The number of nitrogens with zero attached hydrogens (tertiary/aromatic N) is 1. The van der Waals surface area contributed by atoms with Crippen molar-refractivity contribution in [3.05, 3.63) is 53.2 Å². The van der Waals surface area contributed by atoms with Gasteiger partial charge < -0.3 is 5.32 Å². The predicted octanol–water partition coefficient (Wildman–Crippen LogP) is 4.77. The Labute approximate surface area is 130 Å². The maximum Gasteiger partial charge on any atom is 0.101 e. The molecule has 0 unspecified atom stereocenters. The Kier molecular flexibility index (Phi) is 5.08. The van der Waals surface area contributed by atoms with Gasteiger partial charge in [-0.15, -0.1) is 0 Å². The summed E-state index contributed by atoms with van der Waals surface area (Å²) in [6.45, 7) is 7.31. The fraction of sp³-hybridized carbons (Fsp3) is 0.312. The summed E-state index contributed by atoms with van der Waals surface area (Å²) in [5, 5.41) is 5.20. The second-order valence-corrected chi connectivity index (χ2v) is 7.19. The van der Waals surface area contributed by atoms with Crippen LogP contribution >= 0.6 is 23.4 Å². The summed E-state index contributed by atoms with van der Waals surface area (Å²) in [5.41, 5.74) is 1.32. The molecule has 0 amide bonds. The van der Waals surface area contributed by atoms with E-state index < -0.39 is 0 Å². The molecule has 0 saturated carbocycles. The van der Waals surface area contributed by atoms with Gasteiger partial charge in [0.25, 0.3) is 0 Å². The fourth-order valence-electron chi connectivity index (χ4n) is 1.57. The number of hydrogen-bond donors (Lipinski definition) is 1. The number of benzene rings is 1. The summed E-state index contributed by atoms with van der Waals surface area (Å²) in [4.78, 5) is 5.63. The molecule has 2 nitrogen and oxygen atoms in total. The number of pyridine rings is 1. The van der Waals surface area contributed by atoms with E-state index in [9.17, 15) is 0 Å². The third kappa shape index (κ3) is 5.16. The molecule has 2 rings (SSSR count). The third-order valence-corrected chi connectivity index (χ3v) is 3.87. The highest BCUT2D eigenvalue weighted by Crippen LogP contribution is 2.26. The van der Waals surface area contributed by atoms with Gasteiger partial charge in [0, 0.05) is 28.2 Å². The summed E-state index contributed by atoms with van der Waals surface area (Å²) >= 11 is 7.51. The van der Waals surface area contributed by atoms with Crippen molar-refractivity contribution in [2.24, 2.45) is 0 Å². The molecule has 0 aliphatic heterocycles. The maximum atomic E-state index is 5.88. The van der Waals surface area contributed by atoms with E-state index in [1.165, 1.54) is 5.56 Å². The van der Waals surface area contributed by atoms with Crippen LogP contribution in [0, 0.1) is 0 Å². The quantitative estimate of drug-likeness (QED) is 0.880. The van der Waals surface area contributed by atoms with E-state index in [-0.39, 0.29) is 5.54 Å². The van der Waals surface area contributed by atoms with E-state index in [0.29, 0.717) is 0 Å². The fourth-order valence-corrected chi connectivity index (χ4v) is 2.45. The van der Waals surface area contributed by atoms with Gasteiger partial charge in [-0.2, -0.15) is 0 Å². The first-order chi connectivity index (χ1) is 9.42. The third-order valence-electron chi connectivity index (χ3n) is 2.66. The van der Waals surface area contributed by atoms with Gasteiger partial charge in [-0.1, -0.05) is 29.4 Å². The van der Waals surface area contributed by atoms with Crippen molar-refractivity contribution in [2.75, 3.05) is 0 Å². The van der Waals surface area contributed by atoms with Crippen molar-refractivity contribution in [1.29, 1.82) is 0 Å². The minimum Gasteiger partial charge on any atom is -0.308 e. The molecule has 20 heavy (non-hydrogen) atoms. The van der Waals surface area contributed by atoms with Crippen molar-refractivity contribution in [2.45, 2.75) is 42.8 Å². The van der Waals surface area contributed by atoms with Gasteiger partial charge in [-0.3, -0.25) is 0 Å². The van der Waals surface area contributed by atoms with Crippen molar-refractivity contribution in [3.8, 4) is 0 Å². The summed E-state index contributed by atoms with van der Waals surface area (Å²) in [6.07, 6.45) is 1.93. The molecule has 106 valence electrons. The normalized spacial score (nSPS) is 11.6. The summed E-state index contributed by atoms with van der Waals surface area (Å²) in [6, 6.07) is 12.0. The van der Waals surface area contributed by atoms with Gasteiger partial charge in [0.2, 0.25) is 0 Å². The Morgan fingerprint density at radius 2 is 1.80 bits per heavy atom. The summed E-state index contributed by atoms with van der Waals surface area (Å²) in [5.74, 6) is 0. The van der Waals surface area contributed by atoms with Crippen LogP contribution in [0.4, 0.5) is 0 Å². The molecular formula is C16H19ClN2S. The van der Waals surface area contributed by atoms with Crippen LogP contribution in [-0.4, -0.2) is 10.5 Å². The van der Waals surface area contributed by atoms with Gasteiger partial charge in [0.05, 0.1) is 0 Å². The first-order valence-electron chi connectivity index (χ1n) is 6.56. The van der Waals surface area contributed by atoms with Crippen LogP contribution in [0.15, 0.2) is 52.5 Å². The standard InChI is InChI=1S/C16H19ClN2S/c1-16(2,3)19-11-12-4-9-15(18-10-12)20-14-7-5-13(17)6-8-14/h4-10,19H,11H2,1-3H3. The molecule has 0 atom stereocenters. The molecule has 1 N–H and O–H groups in total. The zero-order chi connectivity index (χ0) is 14.6. The lowest BCUT2D eigenvalue weighted by Crippen LogP contribution is -2.35. The van der Waals surface area contributed by atoms with Crippen molar-refractivity contribution < 1.29 is 0 Å². The van der Waals surface area contributed by atoms with Gasteiger partial charge in [0.15, 0.2) is 0 Å². The number of halogens is 1. The molecule has 2 aromatic rings. The van der Waals surface area contributed by atoms with Gasteiger partial charge in [0.1, 0.15) is 5.03 Å². The lowest BCUT2D eigenvalue weighted by atomic mass is 10.1. The van der Waals surface area contributed by atoms with Gasteiger partial charge in [-0.05, 0) is 56.7 Å². The summed E-state index contributed by atoms with van der Waals surface area (Å²) in [7, 11) is 0. The van der Waals surface area contributed by atoms with Crippen LogP contribution < -0.4 is 5.32 Å². The second kappa shape index (κ2) is 6.61. The molecule has 0 saturated heterocycles. The van der Waals surface area contributed by atoms with Crippen LogP contribution in [0.2, 0.25) is 5.02 Å². The van der Waals surface area contributed by atoms with Gasteiger partial charge in [-0.25, -0.2) is 4.98 Å². The highest BCUT2D eigenvalue weighted by Gasteiger charge is 2.08. The Balaban J connectivity index is 1.96. The molecule has 0 spiro atoms. The monoisotopic (exact) mass is 306 g/mol. The average molecular weight is 307 g/mol. The molecule has 0 radical (unpaired) electrons. The van der Waals surface area contributed by atoms with Crippen LogP contribution in [0.5, 0.6) is 0 Å². The number of hydrogen-bond acceptors (Lipinski definition) is 3. The van der Waals surface area contributed by atoms with Crippen molar-refractivity contribution >= 4 is 23.4 Å². The van der Waals surface area contributed by atoms with E-state index in [2.05, 4.69) is 43.2 Å². The highest BCUT2D eigenvalue weighted by molar-refractivity contribution is 7.99. The zero-order valence-electron chi connectivity index (χ0n) is 12.0. The number of nitrogens with one attached hydrogen (secondary N) is 1. The Morgan fingerprint density at radius 1 is 1.10 bits per heavy atom. The molecule has 1 aromatic carbocycles. The molecule has 0 aliphatic rings. The largest absolute Gasteiger partial charge is 0.308 e. The highest BCUT2D eigenvalue weighted by atomic mass is 35.5. The van der Waals surface area contributed by atoms with E-state index in [1.54, 1.807) is 11.8 Å². The predicted molar refractivity (Wildman–Crippen MR) is 86.4 cm³/mol. The molecule has 1 heterocycles. The minimum absolute atomic E-state index is 0.122. The van der Waals surface area contributed by atoms with Crippen LogP contribution in [-0.2, 0) is 6.54 Å². The molecule has 1 aromatic heterocycles. The van der Waals surface area contributed by atoms with Crippen LogP contribution in [0.25, 0.3) is 0 Å². The van der Waals surface area contributed by atoms with Crippen molar-refractivity contribution in [3.63, 3.8) is 0 Å². The molecule has 0 bridgehead atoms. The topological polar surface area (TPSA) is 24.9 Å². The first-order valence-corrected chi connectivity index (χ1v) is 7.75. The van der Waals surface area contributed by atoms with E-state index in [4.69, 9.17) is 11.6 Å². The maximum absolute atomic E-state index is 5.88. The Bertz CT molecular complexity index is 544. The van der Waals surface area contributed by atoms with E-state index in [0.717, 1.165) is 21.5 Å².